The van der Waals surface area contributed by atoms with Crippen LogP contribution >= 0.6 is 0 Å². The van der Waals surface area contributed by atoms with E-state index in [2.05, 4.69) is 10.6 Å². The zero-order valence-electron chi connectivity index (χ0n) is 19.4. The maximum atomic E-state index is 13.3. The number of amides is 6. The van der Waals surface area contributed by atoms with E-state index >= 15 is 0 Å². The SMILES string of the molecule is O=CN(O)C[C@@H](CC1CCCC1)C(=O)N1CCC[C@H]1C(=O)NC(=O)NC1CCN(C(=O)O)CC1. The zero-order valence-corrected chi connectivity index (χ0v) is 19.4. The van der Waals surface area contributed by atoms with Crippen LogP contribution in [0.15, 0.2) is 0 Å². The molecular weight excluding hydrogens is 446 g/mol. The molecule has 0 spiro atoms. The summed E-state index contributed by atoms with van der Waals surface area (Å²) in [6.45, 7) is 0.868. The van der Waals surface area contributed by atoms with E-state index in [1.54, 1.807) is 0 Å². The van der Waals surface area contributed by atoms with Crippen LogP contribution in [0, 0.1) is 11.8 Å². The number of imide groups is 1. The van der Waals surface area contributed by atoms with Gasteiger partial charge in [-0.1, -0.05) is 25.7 Å². The van der Waals surface area contributed by atoms with E-state index < -0.39 is 30.0 Å². The third-order valence-corrected chi connectivity index (χ3v) is 7.15. The fourth-order valence-electron chi connectivity index (χ4n) is 5.34. The molecule has 2 heterocycles. The zero-order chi connectivity index (χ0) is 24.7. The molecular formula is C22H35N5O7. The van der Waals surface area contributed by atoms with E-state index in [0.29, 0.717) is 62.7 Å². The van der Waals surface area contributed by atoms with E-state index in [-0.39, 0.29) is 24.9 Å². The molecule has 190 valence electrons. The molecule has 2 aliphatic heterocycles. The average molecular weight is 482 g/mol. The van der Waals surface area contributed by atoms with Crippen LogP contribution in [0.2, 0.25) is 0 Å². The van der Waals surface area contributed by atoms with Gasteiger partial charge in [-0.05, 0) is 38.0 Å². The number of urea groups is 1. The van der Waals surface area contributed by atoms with Gasteiger partial charge in [-0.2, -0.15) is 0 Å². The summed E-state index contributed by atoms with van der Waals surface area (Å²) in [5.41, 5.74) is 0. The standard InChI is InChI=1S/C22H35N5O7/c28-14-26(34)13-16(12-15-4-1-2-5-15)20(30)27-9-3-6-18(27)19(29)24-21(31)23-17-7-10-25(11-8-17)22(32)33/h14-18,34H,1-13H2,(H,32,33)(H2,23,24,29,31)/t16-,18+/m1/s1. The van der Waals surface area contributed by atoms with Gasteiger partial charge in [-0.3, -0.25) is 24.9 Å². The molecule has 12 nitrogen and oxygen atoms in total. The molecule has 1 aliphatic carbocycles. The molecule has 1 saturated carbocycles. The molecule has 2 atom stereocenters. The number of carbonyl (C=O) groups is 5. The molecule has 0 aromatic heterocycles. The molecule has 0 radical (unpaired) electrons. The molecule has 6 amide bonds. The lowest BCUT2D eigenvalue weighted by atomic mass is 9.91. The number of hydrogen-bond donors (Lipinski definition) is 4. The molecule has 0 unspecified atom stereocenters. The third-order valence-electron chi connectivity index (χ3n) is 7.15. The van der Waals surface area contributed by atoms with Crippen LogP contribution in [0.3, 0.4) is 0 Å². The maximum absolute atomic E-state index is 13.3. The first-order valence-corrected chi connectivity index (χ1v) is 12.1. The average Bonchev–Trinajstić information content (AvgIpc) is 3.50. The predicted molar refractivity (Wildman–Crippen MR) is 119 cm³/mol. The lowest BCUT2D eigenvalue weighted by Crippen LogP contribution is -2.54. The summed E-state index contributed by atoms with van der Waals surface area (Å²) in [5, 5.41) is 24.2. The fraction of sp³-hybridized carbons (Fsp3) is 0.773. The summed E-state index contributed by atoms with van der Waals surface area (Å²) in [5.74, 6) is -1.11. The Kier molecular flexibility index (Phi) is 9.08. The number of nitrogens with one attached hydrogen (secondary N) is 2. The highest BCUT2D eigenvalue weighted by Crippen LogP contribution is 2.32. The highest BCUT2D eigenvalue weighted by atomic mass is 16.5. The molecule has 3 fully saturated rings. The van der Waals surface area contributed by atoms with E-state index in [1.165, 1.54) is 9.80 Å². The Labute approximate surface area is 198 Å². The second-order valence-electron chi connectivity index (χ2n) is 9.51. The lowest BCUT2D eigenvalue weighted by molar-refractivity contribution is -0.158. The molecule has 0 bridgehead atoms. The predicted octanol–water partition coefficient (Wildman–Crippen LogP) is 0.990. The molecule has 3 aliphatic rings. The summed E-state index contributed by atoms with van der Waals surface area (Å²) in [6, 6.07) is -1.69. The van der Waals surface area contributed by atoms with Crippen molar-refractivity contribution in [1.82, 2.24) is 25.5 Å². The van der Waals surface area contributed by atoms with Crippen molar-refractivity contribution in [2.45, 2.75) is 69.9 Å². The van der Waals surface area contributed by atoms with Crippen molar-refractivity contribution >= 4 is 30.3 Å². The van der Waals surface area contributed by atoms with Crippen molar-refractivity contribution in [3.63, 3.8) is 0 Å². The summed E-state index contributed by atoms with van der Waals surface area (Å²) in [4.78, 5) is 63.2. The second kappa shape index (κ2) is 12.0. The van der Waals surface area contributed by atoms with E-state index in [1.807, 2.05) is 0 Å². The topological polar surface area (TPSA) is 160 Å². The first-order chi connectivity index (χ1) is 16.3. The van der Waals surface area contributed by atoms with Gasteiger partial charge >= 0.3 is 12.1 Å². The number of hydrogen-bond acceptors (Lipinski definition) is 6. The molecule has 0 aromatic rings. The van der Waals surface area contributed by atoms with Crippen molar-refractivity contribution in [3.05, 3.63) is 0 Å². The minimum atomic E-state index is -0.993. The van der Waals surface area contributed by atoms with Crippen LogP contribution in [-0.2, 0) is 14.4 Å². The van der Waals surface area contributed by atoms with Crippen molar-refractivity contribution in [2.24, 2.45) is 11.8 Å². The maximum Gasteiger partial charge on any atom is 0.407 e. The van der Waals surface area contributed by atoms with Crippen LogP contribution in [0.5, 0.6) is 0 Å². The van der Waals surface area contributed by atoms with E-state index in [0.717, 1.165) is 25.7 Å². The Balaban J connectivity index is 1.55. The summed E-state index contributed by atoms with van der Waals surface area (Å²) >= 11 is 0. The van der Waals surface area contributed by atoms with Gasteiger partial charge in [-0.25, -0.2) is 14.7 Å². The van der Waals surface area contributed by atoms with Crippen LogP contribution in [0.25, 0.3) is 0 Å². The van der Waals surface area contributed by atoms with E-state index in [9.17, 15) is 29.2 Å². The number of nitrogens with zero attached hydrogens (tertiary/aromatic N) is 3. The van der Waals surface area contributed by atoms with Gasteiger partial charge in [0.1, 0.15) is 6.04 Å². The third kappa shape index (κ3) is 6.81. The molecule has 12 heteroatoms. The van der Waals surface area contributed by atoms with Gasteiger partial charge in [0.25, 0.3) is 5.91 Å². The minimum Gasteiger partial charge on any atom is -0.465 e. The fourth-order valence-corrected chi connectivity index (χ4v) is 5.34. The van der Waals surface area contributed by atoms with Gasteiger partial charge in [0, 0.05) is 25.7 Å². The van der Waals surface area contributed by atoms with Crippen LogP contribution in [0.4, 0.5) is 9.59 Å². The number of piperidine rings is 1. The Hall–Kier alpha value is -2.89. The van der Waals surface area contributed by atoms with Crippen LogP contribution in [0.1, 0.15) is 57.8 Å². The number of hydroxylamine groups is 2. The Morgan fingerprint density at radius 2 is 1.68 bits per heavy atom. The Morgan fingerprint density at radius 3 is 2.29 bits per heavy atom. The lowest BCUT2D eigenvalue weighted by Gasteiger charge is -2.31. The first kappa shape index (κ1) is 25.7. The van der Waals surface area contributed by atoms with Gasteiger partial charge in [0.15, 0.2) is 0 Å². The van der Waals surface area contributed by atoms with Crippen molar-refractivity contribution in [2.75, 3.05) is 26.2 Å². The van der Waals surface area contributed by atoms with Crippen molar-refractivity contribution < 1.29 is 34.3 Å². The molecule has 2 saturated heterocycles. The van der Waals surface area contributed by atoms with Crippen molar-refractivity contribution in [3.8, 4) is 0 Å². The highest BCUT2D eigenvalue weighted by molar-refractivity contribution is 5.99. The Bertz CT molecular complexity index is 765. The summed E-state index contributed by atoms with van der Waals surface area (Å²) in [7, 11) is 0. The monoisotopic (exact) mass is 481 g/mol. The van der Waals surface area contributed by atoms with Crippen LogP contribution in [-0.4, -0.2) is 93.8 Å². The second-order valence-corrected chi connectivity index (χ2v) is 9.51. The van der Waals surface area contributed by atoms with E-state index in [4.69, 9.17) is 5.11 Å². The smallest absolute Gasteiger partial charge is 0.407 e. The molecule has 4 N–H and O–H groups in total. The number of carboxylic acid groups (broad SMARTS) is 1. The normalized spacial score (nSPS) is 22.3. The Morgan fingerprint density at radius 1 is 1.00 bits per heavy atom. The quantitative estimate of drug-likeness (QED) is 0.228. The van der Waals surface area contributed by atoms with Crippen LogP contribution < -0.4 is 10.6 Å². The number of rotatable bonds is 8. The largest absolute Gasteiger partial charge is 0.465 e. The number of carbonyl (C=O) groups excluding carboxylic acids is 4. The minimum absolute atomic E-state index is 0.126. The molecule has 3 rings (SSSR count). The van der Waals surface area contributed by atoms with Gasteiger partial charge < -0.3 is 20.2 Å². The molecule has 0 aromatic carbocycles. The highest BCUT2D eigenvalue weighted by Gasteiger charge is 2.39. The number of likely N-dealkylation sites (tertiary alicyclic amines) is 2. The van der Waals surface area contributed by atoms with Gasteiger partial charge in [-0.15, -0.1) is 0 Å². The van der Waals surface area contributed by atoms with Gasteiger partial charge in [0.2, 0.25) is 12.3 Å². The molecule has 34 heavy (non-hydrogen) atoms. The van der Waals surface area contributed by atoms with Gasteiger partial charge in [0.05, 0.1) is 12.5 Å². The first-order valence-electron chi connectivity index (χ1n) is 12.1. The van der Waals surface area contributed by atoms with Crippen molar-refractivity contribution in [1.29, 1.82) is 0 Å². The summed E-state index contributed by atoms with van der Waals surface area (Å²) < 4.78 is 0. The summed E-state index contributed by atoms with van der Waals surface area (Å²) in [6.07, 6.45) is 5.99.